The minimum atomic E-state index is -4.11. The number of anilines is 2. The first-order valence-electron chi connectivity index (χ1n) is 11.5. The molecule has 38 heavy (non-hydrogen) atoms. The summed E-state index contributed by atoms with van der Waals surface area (Å²) in [5.74, 6) is 0.472. The van der Waals surface area contributed by atoms with Gasteiger partial charge < -0.3 is 19.1 Å². The lowest BCUT2D eigenvalue weighted by molar-refractivity contribution is 0.0300. The molecular weight excluding hydrogens is 534 g/mol. The molecule has 0 saturated carbocycles. The van der Waals surface area contributed by atoms with Crippen LogP contribution in [-0.2, 0) is 24.8 Å². The molecule has 1 fully saturated rings. The van der Waals surface area contributed by atoms with Crippen molar-refractivity contribution in [3.8, 4) is 11.5 Å². The fourth-order valence-electron chi connectivity index (χ4n) is 3.75. The number of benzene rings is 3. The van der Waals surface area contributed by atoms with Gasteiger partial charge in [-0.05, 0) is 66.7 Å². The molecule has 3 aromatic rings. The summed E-state index contributed by atoms with van der Waals surface area (Å²) in [6.07, 6.45) is 0. The highest BCUT2D eigenvalue weighted by molar-refractivity contribution is 7.93. The largest absolute Gasteiger partial charge is 0.497 e. The maximum Gasteiger partial charge on any atom is 0.261 e. The maximum atomic E-state index is 13.1. The second-order valence-electron chi connectivity index (χ2n) is 8.23. The Hall–Kier alpha value is -3.81. The third-order valence-electron chi connectivity index (χ3n) is 5.77. The van der Waals surface area contributed by atoms with Crippen LogP contribution in [-0.4, -0.2) is 68.2 Å². The van der Waals surface area contributed by atoms with Crippen LogP contribution in [0, 0.1) is 0 Å². The number of nitrogens with one attached hydrogen (secondary N) is 2. The molecule has 0 atom stereocenters. The van der Waals surface area contributed by atoms with Gasteiger partial charge in [-0.25, -0.2) is 16.8 Å². The maximum absolute atomic E-state index is 13.1. The molecule has 11 nitrogen and oxygen atoms in total. The number of hydrogen-bond donors (Lipinski definition) is 2. The Morgan fingerprint density at radius 3 is 1.84 bits per heavy atom. The highest BCUT2D eigenvalue weighted by Gasteiger charge is 2.25. The Balaban J connectivity index is 1.51. The number of carbonyl (C=O) groups is 1. The van der Waals surface area contributed by atoms with Gasteiger partial charge in [-0.15, -0.1) is 0 Å². The molecule has 0 unspecified atom stereocenters. The van der Waals surface area contributed by atoms with Crippen LogP contribution in [0.1, 0.15) is 10.4 Å². The molecule has 2 N–H and O–H groups in total. The van der Waals surface area contributed by atoms with E-state index >= 15 is 0 Å². The normalized spacial score (nSPS) is 14.0. The summed E-state index contributed by atoms with van der Waals surface area (Å²) in [7, 11) is -5.11. The number of amides is 1. The van der Waals surface area contributed by atoms with Gasteiger partial charge in [-0.3, -0.25) is 14.2 Å². The van der Waals surface area contributed by atoms with Gasteiger partial charge in [0, 0.05) is 24.5 Å². The number of hydrogen-bond acceptors (Lipinski definition) is 8. The molecule has 0 aromatic heterocycles. The van der Waals surface area contributed by atoms with E-state index in [9.17, 15) is 21.6 Å². The van der Waals surface area contributed by atoms with Gasteiger partial charge in [-0.2, -0.15) is 0 Å². The molecule has 1 aliphatic rings. The predicted molar refractivity (Wildman–Crippen MR) is 141 cm³/mol. The van der Waals surface area contributed by atoms with Crippen LogP contribution in [0.5, 0.6) is 11.5 Å². The van der Waals surface area contributed by atoms with Crippen molar-refractivity contribution in [2.24, 2.45) is 0 Å². The van der Waals surface area contributed by atoms with Crippen molar-refractivity contribution in [2.75, 3.05) is 50.0 Å². The Labute approximate surface area is 221 Å². The number of methoxy groups -OCH3 is 2. The number of morpholine rings is 1. The summed E-state index contributed by atoms with van der Waals surface area (Å²) in [5, 5.41) is 0. The van der Waals surface area contributed by atoms with Gasteiger partial charge in [0.25, 0.3) is 26.0 Å². The minimum Gasteiger partial charge on any atom is -0.497 e. The SMILES string of the molecule is COc1ccc(NS(=O)(=O)c2ccc(NS(=O)(=O)c3ccc(OC)c(C(=O)N4CCOCC4)c3)cc2)cc1. The quantitative estimate of drug-likeness (QED) is 0.407. The first-order valence-corrected chi connectivity index (χ1v) is 14.4. The lowest BCUT2D eigenvalue weighted by Gasteiger charge is -2.27. The molecule has 13 heteroatoms. The van der Waals surface area contributed by atoms with Crippen LogP contribution in [0.25, 0.3) is 0 Å². The molecule has 1 aliphatic heterocycles. The van der Waals surface area contributed by atoms with Crippen LogP contribution in [0.15, 0.2) is 76.5 Å². The summed E-state index contributed by atoms with van der Waals surface area (Å²) < 4.78 is 72.1. The van der Waals surface area contributed by atoms with E-state index in [1.165, 1.54) is 56.7 Å². The fraction of sp³-hybridized carbons (Fsp3) is 0.240. The van der Waals surface area contributed by atoms with Crippen molar-refractivity contribution < 1.29 is 35.8 Å². The van der Waals surface area contributed by atoms with Crippen molar-refractivity contribution >= 4 is 37.3 Å². The van der Waals surface area contributed by atoms with E-state index in [1.54, 1.807) is 29.2 Å². The molecule has 3 aromatic carbocycles. The number of rotatable bonds is 9. The third-order valence-corrected chi connectivity index (χ3v) is 8.55. The summed E-state index contributed by atoms with van der Waals surface area (Å²) in [5.41, 5.74) is 0.603. The van der Waals surface area contributed by atoms with Crippen molar-refractivity contribution in [3.63, 3.8) is 0 Å². The number of carbonyl (C=O) groups excluding carboxylic acids is 1. The Morgan fingerprint density at radius 1 is 0.763 bits per heavy atom. The Morgan fingerprint density at radius 2 is 1.29 bits per heavy atom. The zero-order valence-corrected chi connectivity index (χ0v) is 22.3. The number of ether oxygens (including phenoxy) is 3. The van der Waals surface area contributed by atoms with Crippen LogP contribution in [0.2, 0.25) is 0 Å². The molecule has 1 amide bonds. The fourth-order valence-corrected chi connectivity index (χ4v) is 5.89. The first kappa shape index (κ1) is 27.2. The molecule has 4 rings (SSSR count). The second-order valence-corrected chi connectivity index (χ2v) is 11.6. The molecule has 0 spiro atoms. The average Bonchev–Trinajstić information content (AvgIpc) is 2.93. The molecule has 0 aliphatic carbocycles. The molecule has 202 valence electrons. The molecule has 0 bridgehead atoms. The van der Waals surface area contributed by atoms with Crippen LogP contribution >= 0.6 is 0 Å². The molecule has 0 radical (unpaired) electrons. The summed E-state index contributed by atoms with van der Waals surface area (Å²) in [6.45, 7) is 1.57. The van der Waals surface area contributed by atoms with Gasteiger partial charge in [0.15, 0.2) is 0 Å². The smallest absolute Gasteiger partial charge is 0.261 e. The van der Waals surface area contributed by atoms with E-state index in [0.29, 0.717) is 37.7 Å². The van der Waals surface area contributed by atoms with Crippen molar-refractivity contribution in [3.05, 3.63) is 72.3 Å². The first-order chi connectivity index (χ1) is 18.1. The predicted octanol–water partition coefficient (Wildman–Crippen LogP) is 2.78. The second kappa shape index (κ2) is 11.3. The molecule has 1 heterocycles. The van der Waals surface area contributed by atoms with Gasteiger partial charge in [0.2, 0.25) is 0 Å². The Kier molecular flexibility index (Phi) is 8.09. The van der Waals surface area contributed by atoms with E-state index in [2.05, 4.69) is 9.44 Å². The van der Waals surface area contributed by atoms with Crippen molar-refractivity contribution in [1.29, 1.82) is 0 Å². The van der Waals surface area contributed by atoms with Crippen LogP contribution < -0.4 is 18.9 Å². The molecule has 1 saturated heterocycles. The summed E-state index contributed by atoms with van der Waals surface area (Å²) >= 11 is 0. The zero-order valence-electron chi connectivity index (χ0n) is 20.7. The lowest BCUT2D eigenvalue weighted by Crippen LogP contribution is -2.40. The van der Waals surface area contributed by atoms with Crippen molar-refractivity contribution in [2.45, 2.75) is 9.79 Å². The number of sulfonamides is 2. The van der Waals surface area contributed by atoms with Gasteiger partial charge >= 0.3 is 0 Å². The lowest BCUT2D eigenvalue weighted by atomic mass is 10.1. The standard InChI is InChI=1S/C25H27N3O8S2/c1-34-20-7-3-18(4-8-20)26-37(30,31)21-9-5-19(6-10-21)27-38(32,33)22-11-12-24(35-2)23(17-22)25(29)28-13-15-36-16-14-28/h3-12,17,26-27H,13-16H2,1-2H3. The molecular formula is C25H27N3O8S2. The monoisotopic (exact) mass is 561 g/mol. The zero-order chi connectivity index (χ0) is 27.3. The highest BCUT2D eigenvalue weighted by atomic mass is 32.2. The van der Waals surface area contributed by atoms with Gasteiger partial charge in [0.05, 0.1) is 42.8 Å². The van der Waals surface area contributed by atoms with E-state index in [-0.39, 0.29) is 32.7 Å². The number of nitrogens with zero attached hydrogens (tertiary/aromatic N) is 1. The highest BCUT2D eigenvalue weighted by Crippen LogP contribution is 2.27. The third kappa shape index (κ3) is 6.18. The Bertz CT molecular complexity index is 1500. The minimum absolute atomic E-state index is 0.0564. The van der Waals surface area contributed by atoms with Gasteiger partial charge in [-0.1, -0.05) is 0 Å². The van der Waals surface area contributed by atoms with Crippen LogP contribution in [0.4, 0.5) is 11.4 Å². The summed E-state index contributed by atoms with van der Waals surface area (Å²) in [6, 6.07) is 15.6. The van der Waals surface area contributed by atoms with Crippen molar-refractivity contribution in [1.82, 2.24) is 4.90 Å². The van der Waals surface area contributed by atoms with Gasteiger partial charge in [0.1, 0.15) is 11.5 Å². The van der Waals surface area contributed by atoms with E-state index in [4.69, 9.17) is 14.2 Å². The topological polar surface area (TPSA) is 140 Å². The van der Waals surface area contributed by atoms with Crippen LogP contribution in [0.3, 0.4) is 0 Å². The van der Waals surface area contributed by atoms with E-state index < -0.39 is 20.0 Å². The van der Waals surface area contributed by atoms with E-state index in [0.717, 1.165) is 0 Å². The average molecular weight is 562 g/mol. The summed E-state index contributed by atoms with van der Waals surface area (Å²) in [4.78, 5) is 14.4. The van der Waals surface area contributed by atoms with E-state index in [1.807, 2.05) is 0 Å².